The van der Waals surface area contributed by atoms with E-state index in [4.69, 9.17) is 16.3 Å². The molecular formula is C15H24ClN3O2. The van der Waals surface area contributed by atoms with E-state index in [9.17, 15) is 4.79 Å². The minimum atomic E-state index is -0.718. The van der Waals surface area contributed by atoms with Gasteiger partial charge in [-0.1, -0.05) is 11.6 Å². The molecule has 1 aliphatic carbocycles. The van der Waals surface area contributed by atoms with Crippen LogP contribution in [0.2, 0.25) is 5.02 Å². The van der Waals surface area contributed by atoms with Crippen molar-refractivity contribution in [1.29, 1.82) is 0 Å². The van der Waals surface area contributed by atoms with Crippen molar-refractivity contribution in [3.05, 3.63) is 16.9 Å². The summed E-state index contributed by atoms with van der Waals surface area (Å²) in [6.45, 7) is 8.66. The lowest BCUT2D eigenvalue weighted by Gasteiger charge is -2.35. The zero-order valence-corrected chi connectivity index (χ0v) is 13.9. The van der Waals surface area contributed by atoms with Crippen molar-refractivity contribution in [2.75, 3.05) is 6.61 Å². The summed E-state index contributed by atoms with van der Waals surface area (Å²) in [5.74, 6) is 0.105. The molecule has 5 nitrogen and oxygen atoms in total. The summed E-state index contributed by atoms with van der Waals surface area (Å²) in [5.41, 5.74) is 0.154. The standard InChI is InChI=1S/C15H24ClN3O2/c1-5-21-14(20)15(12-6-7-12,18-10(2)3)9-19-11(4)13(16)8-17-19/h8,10,12,18H,5-7,9H2,1-4H3. The number of esters is 1. The molecule has 118 valence electrons. The van der Waals surface area contributed by atoms with Gasteiger partial charge in [-0.25, -0.2) is 4.79 Å². The second kappa shape index (κ2) is 6.36. The number of nitrogens with one attached hydrogen (secondary N) is 1. The van der Waals surface area contributed by atoms with Crippen molar-refractivity contribution in [2.24, 2.45) is 5.92 Å². The zero-order valence-electron chi connectivity index (χ0n) is 13.1. The first kappa shape index (κ1) is 16.3. The van der Waals surface area contributed by atoms with Crippen molar-refractivity contribution < 1.29 is 9.53 Å². The van der Waals surface area contributed by atoms with E-state index in [1.165, 1.54) is 0 Å². The first-order valence-electron chi connectivity index (χ1n) is 7.53. The Morgan fingerprint density at radius 1 is 1.62 bits per heavy atom. The number of nitrogens with zero attached hydrogens (tertiary/aromatic N) is 2. The fourth-order valence-corrected chi connectivity index (χ4v) is 2.89. The smallest absolute Gasteiger partial charge is 0.328 e. The van der Waals surface area contributed by atoms with Crippen LogP contribution in [0.1, 0.15) is 39.3 Å². The van der Waals surface area contributed by atoms with E-state index in [2.05, 4.69) is 10.4 Å². The summed E-state index contributed by atoms with van der Waals surface area (Å²) in [5, 5.41) is 8.36. The molecule has 0 radical (unpaired) electrons. The summed E-state index contributed by atoms with van der Waals surface area (Å²) in [7, 11) is 0. The predicted octanol–water partition coefficient (Wildman–Crippen LogP) is 2.55. The van der Waals surface area contributed by atoms with Gasteiger partial charge in [0.2, 0.25) is 0 Å². The lowest BCUT2D eigenvalue weighted by Crippen LogP contribution is -2.60. The molecule has 21 heavy (non-hydrogen) atoms. The maximum absolute atomic E-state index is 12.6. The number of rotatable bonds is 7. The Balaban J connectivity index is 2.33. The Morgan fingerprint density at radius 3 is 2.71 bits per heavy atom. The van der Waals surface area contributed by atoms with Gasteiger partial charge in [0.25, 0.3) is 0 Å². The number of carbonyl (C=O) groups excluding carboxylic acids is 1. The average molecular weight is 314 g/mol. The third kappa shape index (κ3) is 3.40. The summed E-state index contributed by atoms with van der Waals surface area (Å²) in [6, 6.07) is 0.182. The molecule has 1 unspecified atom stereocenters. The third-order valence-corrected chi connectivity index (χ3v) is 4.27. The Labute approximate surface area is 131 Å². The summed E-state index contributed by atoms with van der Waals surface area (Å²) < 4.78 is 7.15. The van der Waals surface area contributed by atoms with Gasteiger partial charge in [-0.3, -0.25) is 10.00 Å². The van der Waals surface area contributed by atoms with Gasteiger partial charge < -0.3 is 4.74 Å². The number of aromatic nitrogens is 2. The molecule has 0 spiro atoms. The van der Waals surface area contributed by atoms with Crippen LogP contribution in [0, 0.1) is 12.8 Å². The van der Waals surface area contributed by atoms with Crippen LogP contribution in [0.25, 0.3) is 0 Å². The highest BCUT2D eigenvalue weighted by molar-refractivity contribution is 6.31. The van der Waals surface area contributed by atoms with Crippen LogP contribution in [-0.2, 0) is 16.1 Å². The van der Waals surface area contributed by atoms with Crippen molar-refractivity contribution in [3.8, 4) is 0 Å². The quantitative estimate of drug-likeness (QED) is 0.786. The van der Waals surface area contributed by atoms with Crippen LogP contribution in [0.15, 0.2) is 6.20 Å². The molecular weight excluding hydrogens is 290 g/mol. The van der Waals surface area contributed by atoms with Crippen LogP contribution in [-0.4, -0.2) is 33.9 Å². The van der Waals surface area contributed by atoms with E-state index < -0.39 is 5.54 Å². The van der Waals surface area contributed by atoms with Crippen LogP contribution in [0.3, 0.4) is 0 Å². The van der Waals surface area contributed by atoms with E-state index >= 15 is 0 Å². The molecule has 1 aromatic rings. The predicted molar refractivity (Wildman–Crippen MR) is 82.3 cm³/mol. The molecule has 1 aromatic heterocycles. The molecule has 1 aliphatic rings. The van der Waals surface area contributed by atoms with E-state index in [0.29, 0.717) is 24.1 Å². The highest BCUT2D eigenvalue weighted by Crippen LogP contribution is 2.42. The van der Waals surface area contributed by atoms with Gasteiger partial charge in [0, 0.05) is 6.04 Å². The van der Waals surface area contributed by atoms with Crippen molar-refractivity contribution >= 4 is 17.6 Å². The summed E-state index contributed by atoms with van der Waals surface area (Å²) >= 11 is 6.08. The first-order chi connectivity index (χ1) is 9.90. The molecule has 2 rings (SSSR count). The van der Waals surface area contributed by atoms with Crippen molar-refractivity contribution in [2.45, 2.75) is 58.7 Å². The third-order valence-electron chi connectivity index (χ3n) is 3.90. The lowest BCUT2D eigenvalue weighted by molar-refractivity contribution is -0.153. The minimum absolute atomic E-state index is 0.182. The molecule has 0 saturated heterocycles. The Bertz CT molecular complexity index is 511. The summed E-state index contributed by atoms with van der Waals surface area (Å²) in [6.07, 6.45) is 3.69. The second-order valence-corrected chi connectivity index (χ2v) is 6.41. The molecule has 1 fully saturated rings. The molecule has 1 heterocycles. The molecule has 0 bridgehead atoms. The van der Waals surface area contributed by atoms with Gasteiger partial charge in [-0.05, 0) is 46.5 Å². The van der Waals surface area contributed by atoms with Crippen LogP contribution in [0.4, 0.5) is 0 Å². The fraction of sp³-hybridized carbons (Fsp3) is 0.733. The normalized spacial score (nSPS) is 17.8. The number of halogens is 1. The van der Waals surface area contributed by atoms with Gasteiger partial charge >= 0.3 is 5.97 Å². The van der Waals surface area contributed by atoms with Crippen LogP contribution in [0.5, 0.6) is 0 Å². The van der Waals surface area contributed by atoms with Gasteiger partial charge in [0.1, 0.15) is 5.54 Å². The van der Waals surface area contributed by atoms with E-state index in [1.54, 1.807) is 10.9 Å². The van der Waals surface area contributed by atoms with E-state index in [1.807, 2.05) is 27.7 Å². The molecule has 0 aromatic carbocycles. The Morgan fingerprint density at radius 2 is 2.29 bits per heavy atom. The number of hydrogen-bond donors (Lipinski definition) is 1. The summed E-state index contributed by atoms with van der Waals surface area (Å²) in [4.78, 5) is 12.6. The van der Waals surface area contributed by atoms with Crippen LogP contribution < -0.4 is 5.32 Å². The first-order valence-corrected chi connectivity index (χ1v) is 7.91. The molecule has 1 atom stereocenters. The SMILES string of the molecule is CCOC(=O)C(Cn1ncc(Cl)c1C)(NC(C)C)C1CC1. The van der Waals surface area contributed by atoms with Crippen molar-refractivity contribution in [3.63, 3.8) is 0 Å². The van der Waals surface area contributed by atoms with Crippen molar-refractivity contribution in [1.82, 2.24) is 15.1 Å². The number of carbonyl (C=O) groups is 1. The Hall–Kier alpha value is -1.07. The topological polar surface area (TPSA) is 56.2 Å². The monoisotopic (exact) mass is 313 g/mol. The second-order valence-electron chi connectivity index (χ2n) is 6.00. The number of ether oxygens (including phenoxy) is 1. The highest BCUT2D eigenvalue weighted by Gasteiger charge is 2.53. The maximum atomic E-state index is 12.6. The molecule has 6 heteroatoms. The van der Waals surface area contributed by atoms with E-state index in [0.717, 1.165) is 18.5 Å². The molecule has 0 amide bonds. The molecule has 1 N–H and O–H groups in total. The highest BCUT2D eigenvalue weighted by atomic mass is 35.5. The van der Waals surface area contributed by atoms with Gasteiger partial charge in [-0.2, -0.15) is 5.10 Å². The van der Waals surface area contributed by atoms with Gasteiger partial charge in [0.05, 0.1) is 30.1 Å². The fourth-order valence-electron chi connectivity index (χ4n) is 2.75. The largest absolute Gasteiger partial charge is 0.465 e. The molecule has 0 aliphatic heterocycles. The van der Waals surface area contributed by atoms with E-state index in [-0.39, 0.29) is 12.0 Å². The number of hydrogen-bond acceptors (Lipinski definition) is 4. The average Bonchev–Trinajstić information content (AvgIpc) is 3.21. The van der Waals surface area contributed by atoms with Gasteiger partial charge in [-0.15, -0.1) is 0 Å². The Kier molecular flexibility index (Phi) is 4.94. The molecule has 1 saturated carbocycles. The zero-order chi connectivity index (χ0) is 15.6. The lowest BCUT2D eigenvalue weighted by atomic mass is 9.91. The maximum Gasteiger partial charge on any atom is 0.328 e. The minimum Gasteiger partial charge on any atom is -0.465 e. The van der Waals surface area contributed by atoms with Gasteiger partial charge in [0.15, 0.2) is 0 Å². The van der Waals surface area contributed by atoms with Crippen LogP contribution >= 0.6 is 11.6 Å².